The summed E-state index contributed by atoms with van der Waals surface area (Å²) in [6.45, 7) is 0. The van der Waals surface area contributed by atoms with Crippen molar-refractivity contribution in [1.82, 2.24) is 5.32 Å². The molecule has 1 amide bonds. The van der Waals surface area contributed by atoms with Gasteiger partial charge in [0, 0.05) is 6.42 Å². The molecule has 7 heteroatoms. The van der Waals surface area contributed by atoms with Crippen molar-refractivity contribution in [2.45, 2.75) is 63.6 Å². The topological polar surface area (TPSA) is 66.4 Å². The van der Waals surface area contributed by atoms with Crippen LogP contribution in [0.2, 0.25) is 0 Å². The molecule has 0 aromatic carbocycles. The van der Waals surface area contributed by atoms with E-state index in [1.807, 2.05) is 0 Å². The van der Waals surface area contributed by atoms with Crippen molar-refractivity contribution in [1.29, 1.82) is 0 Å². The maximum Gasteiger partial charge on any atom is 0.391 e. The molecule has 1 atom stereocenters. The zero-order chi connectivity index (χ0) is 16.8. The predicted molar refractivity (Wildman–Crippen MR) is 75.5 cm³/mol. The summed E-state index contributed by atoms with van der Waals surface area (Å²) in [5.41, 5.74) is -0.111. The molecule has 2 N–H and O–H groups in total. The van der Waals surface area contributed by atoms with Gasteiger partial charge in [-0.15, -0.1) is 0 Å². The third kappa shape index (κ3) is 3.80. The Labute approximate surface area is 132 Å². The normalized spacial score (nSPS) is 36.7. The number of halogens is 3. The van der Waals surface area contributed by atoms with Gasteiger partial charge in [-0.25, -0.2) is 4.79 Å². The van der Waals surface area contributed by atoms with E-state index < -0.39 is 30.5 Å². The molecule has 23 heavy (non-hydrogen) atoms. The van der Waals surface area contributed by atoms with Gasteiger partial charge in [-0.3, -0.25) is 4.79 Å². The molecule has 4 aliphatic rings. The first-order valence-electron chi connectivity index (χ1n) is 8.23. The summed E-state index contributed by atoms with van der Waals surface area (Å²) in [7, 11) is 0. The van der Waals surface area contributed by atoms with Crippen molar-refractivity contribution in [3.05, 3.63) is 0 Å². The minimum Gasteiger partial charge on any atom is -0.480 e. The summed E-state index contributed by atoms with van der Waals surface area (Å²) in [6, 6.07) is -1.89. The first-order chi connectivity index (χ1) is 10.6. The second-order valence-corrected chi connectivity index (χ2v) is 7.87. The summed E-state index contributed by atoms with van der Waals surface area (Å²) in [4.78, 5) is 23.1. The molecule has 0 aromatic rings. The molecule has 4 rings (SSSR count). The molecular formula is C16H22F3NO3. The number of carboxylic acids is 1. The highest BCUT2D eigenvalue weighted by Crippen LogP contribution is 2.61. The summed E-state index contributed by atoms with van der Waals surface area (Å²) >= 11 is 0. The van der Waals surface area contributed by atoms with Crippen LogP contribution in [0.15, 0.2) is 0 Å². The molecule has 4 bridgehead atoms. The van der Waals surface area contributed by atoms with E-state index in [9.17, 15) is 22.8 Å². The van der Waals surface area contributed by atoms with Crippen molar-refractivity contribution in [3.8, 4) is 0 Å². The number of carbonyl (C=O) groups excluding carboxylic acids is 1. The van der Waals surface area contributed by atoms with Crippen LogP contribution in [-0.4, -0.2) is 29.2 Å². The Bertz CT molecular complexity index is 468. The van der Waals surface area contributed by atoms with E-state index >= 15 is 0 Å². The number of nitrogens with one attached hydrogen (secondary N) is 1. The third-order valence-corrected chi connectivity index (χ3v) is 5.77. The largest absolute Gasteiger partial charge is 0.480 e. The average molecular weight is 333 g/mol. The quantitative estimate of drug-likeness (QED) is 0.812. The monoisotopic (exact) mass is 333 g/mol. The maximum absolute atomic E-state index is 12.4. The van der Waals surface area contributed by atoms with Crippen LogP contribution in [0.3, 0.4) is 0 Å². The van der Waals surface area contributed by atoms with Crippen LogP contribution in [-0.2, 0) is 9.59 Å². The van der Waals surface area contributed by atoms with Crippen LogP contribution >= 0.6 is 0 Å². The number of alkyl halides is 3. The molecule has 0 spiro atoms. The van der Waals surface area contributed by atoms with Crippen LogP contribution in [0, 0.1) is 23.2 Å². The molecule has 130 valence electrons. The number of rotatable bonds is 5. The van der Waals surface area contributed by atoms with Crippen LogP contribution in [0.5, 0.6) is 0 Å². The van der Waals surface area contributed by atoms with Gasteiger partial charge in [-0.2, -0.15) is 13.2 Å². The van der Waals surface area contributed by atoms with Crippen LogP contribution < -0.4 is 5.32 Å². The Morgan fingerprint density at radius 2 is 1.57 bits per heavy atom. The van der Waals surface area contributed by atoms with Crippen molar-refractivity contribution in [2.24, 2.45) is 23.2 Å². The minimum absolute atomic E-state index is 0.111. The Balaban J connectivity index is 1.61. The van der Waals surface area contributed by atoms with Gasteiger partial charge in [0.1, 0.15) is 6.04 Å². The Kier molecular flexibility index (Phi) is 4.09. The maximum atomic E-state index is 12.4. The highest BCUT2D eigenvalue weighted by atomic mass is 19.4. The fourth-order valence-corrected chi connectivity index (χ4v) is 5.52. The van der Waals surface area contributed by atoms with Gasteiger partial charge in [-0.1, -0.05) is 0 Å². The lowest BCUT2D eigenvalue weighted by Gasteiger charge is -2.56. The second-order valence-electron chi connectivity index (χ2n) is 7.87. The zero-order valence-corrected chi connectivity index (χ0v) is 12.9. The molecule has 4 nitrogen and oxygen atoms in total. The summed E-state index contributed by atoms with van der Waals surface area (Å²) in [5, 5.41) is 11.0. The number of aliphatic carboxylic acids is 1. The highest BCUT2D eigenvalue weighted by molar-refractivity contribution is 5.84. The van der Waals surface area contributed by atoms with E-state index in [-0.39, 0.29) is 11.8 Å². The minimum atomic E-state index is -4.61. The van der Waals surface area contributed by atoms with Crippen LogP contribution in [0.25, 0.3) is 0 Å². The fraction of sp³-hybridized carbons (Fsp3) is 0.875. The van der Waals surface area contributed by atoms with Crippen molar-refractivity contribution in [3.63, 3.8) is 0 Å². The molecule has 0 aliphatic heterocycles. The number of carboxylic acid groups (broad SMARTS) is 1. The molecule has 1 unspecified atom stereocenters. The van der Waals surface area contributed by atoms with E-state index in [0.29, 0.717) is 17.8 Å². The van der Waals surface area contributed by atoms with E-state index in [0.717, 1.165) is 19.3 Å². The van der Waals surface area contributed by atoms with Crippen LogP contribution in [0.1, 0.15) is 51.4 Å². The molecule has 0 saturated heterocycles. The number of hydrogen-bond acceptors (Lipinski definition) is 2. The fourth-order valence-electron chi connectivity index (χ4n) is 5.52. The lowest BCUT2D eigenvalue weighted by atomic mass is 9.49. The smallest absolute Gasteiger partial charge is 0.391 e. The lowest BCUT2D eigenvalue weighted by molar-refractivity contribution is -0.160. The standard InChI is InChI=1S/C16H22F3NO3/c17-16(18,19)7-12(14(22)23)20-13(21)8-15-4-9-1-10(5-15)3-11(2-9)6-15/h9-12H,1-8H2,(H,20,21)(H,22,23). The number of amides is 1. The zero-order valence-electron chi connectivity index (χ0n) is 12.9. The molecule has 4 aliphatic carbocycles. The van der Waals surface area contributed by atoms with Gasteiger partial charge >= 0.3 is 12.1 Å². The van der Waals surface area contributed by atoms with Gasteiger partial charge < -0.3 is 10.4 Å². The molecule has 0 aromatic heterocycles. The third-order valence-electron chi connectivity index (χ3n) is 5.77. The summed E-state index contributed by atoms with van der Waals surface area (Å²) in [5.74, 6) is -0.275. The Morgan fingerprint density at radius 1 is 1.09 bits per heavy atom. The second kappa shape index (κ2) is 5.67. The summed E-state index contributed by atoms with van der Waals surface area (Å²) in [6.07, 6.45) is 0.548. The Hall–Kier alpha value is -1.27. The Morgan fingerprint density at radius 3 is 1.96 bits per heavy atom. The van der Waals surface area contributed by atoms with Gasteiger partial charge in [-0.05, 0) is 61.7 Å². The van der Waals surface area contributed by atoms with Gasteiger partial charge in [0.2, 0.25) is 5.91 Å². The van der Waals surface area contributed by atoms with Gasteiger partial charge in [0.25, 0.3) is 0 Å². The molecule has 4 fully saturated rings. The van der Waals surface area contributed by atoms with Crippen LogP contribution in [0.4, 0.5) is 13.2 Å². The molecule has 4 saturated carbocycles. The van der Waals surface area contributed by atoms with Crippen molar-refractivity contribution >= 4 is 11.9 Å². The van der Waals surface area contributed by atoms with Gasteiger partial charge in [0.05, 0.1) is 6.42 Å². The molecular weight excluding hydrogens is 311 g/mol. The van der Waals surface area contributed by atoms with Crippen molar-refractivity contribution in [2.75, 3.05) is 0 Å². The lowest BCUT2D eigenvalue weighted by Crippen LogP contribution is -2.50. The average Bonchev–Trinajstić information content (AvgIpc) is 2.33. The van der Waals surface area contributed by atoms with E-state index in [4.69, 9.17) is 5.11 Å². The van der Waals surface area contributed by atoms with E-state index in [2.05, 4.69) is 5.32 Å². The van der Waals surface area contributed by atoms with Gasteiger partial charge in [0.15, 0.2) is 0 Å². The SMILES string of the molecule is O=C(CC12CC3CC(CC(C3)C1)C2)NC(CC(F)(F)F)C(=O)O. The predicted octanol–water partition coefficient (Wildman–Crippen LogP) is 3.11. The van der Waals surface area contributed by atoms with E-state index in [1.165, 1.54) is 19.3 Å². The summed E-state index contributed by atoms with van der Waals surface area (Å²) < 4.78 is 37.3. The number of carbonyl (C=O) groups is 2. The first kappa shape index (κ1) is 16.6. The first-order valence-corrected chi connectivity index (χ1v) is 8.23. The highest BCUT2D eigenvalue weighted by Gasteiger charge is 2.51. The van der Waals surface area contributed by atoms with E-state index in [1.54, 1.807) is 0 Å². The molecule has 0 radical (unpaired) electrons. The number of hydrogen-bond donors (Lipinski definition) is 2. The molecule has 0 heterocycles. The van der Waals surface area contributed by atoms with Crippen molar-refractivity contribution < 1.29 is 27.9 Å².